The van der Waals surface area contributed by atoms with Crippen molar-refractivity contribution in [2.24, 2.45) is 0 Å². The van der Waals surface area contributed by atoms with Crippen LogP contribution in [0.15, 0.2) is 24.3 Å². The number of amides is 1. The van der Waals surface area contributed by atoms with Crippen LogP contribution in [0.5, 0.6) is 0 Å². The highest BCUT2D eigenvalue weighted by Gasteiger charge is 2.18. The molecule has 0 rings (SSSR count). The molecule has 0 bridgehead atoms. The van der Waals surface area contributed by atoms with Gasteiger partial charge in [-0.25, -0.2) is 0 Å². The minimum atomic E-state index is -0.849. The maximum atomic E-state index is 12.5. The van der Waals surface area contributed by atoms with Gasteiger partial charge in [-0.1, -0.05) is 282 Å². The summed E-state index contributed by atoms with van der Waals surface area (Å²) in [5.41, 5.74) is 0. The summed E-state index contributed by atoms with van der Waals surface area (Å²) in [5.74, 6) is -0.0759. The molecule has 0 saturated heterocycles. The molecule has 2 unspecified atom stereocenters. The Bertz CT molecular complexity index is 1040. The summed E-state index contributed by atoms with van der Waals surface area (Å²) in [6.45, 7) is 4.89. The highest BCUT2D eigenvalue weighted by molar-refractivity contribution is 5.76. The highest BCUT2D eigenvalue weighted by Crippen LogP contribution is 2.17. The van der Waals surface area contributed by atoms with Crippen molar-refractivity contribution in [2.45, 2.75) is 341 Å². The van der Waals surface area contributed by atoms with Crippen LogP contribution < -0.4 is 5.32 Å². The van der Waals surface area contributed by atoms with Crippen LogP contribution in [0.3, 0.4) is 0 Å². The van der Waals surface area contributed by atoms with Gasteiger partial charge in [-0.15, -0.1) is 0 Å². The van der Waals surface area contributed by atoms with E-state index >= 15 is 0 Å². The van der Waals surface area contributed by atoms with Gasteiger partial charge < -0.3 is 20.3 Å². The zero-order valence-corrected chi connectivity index (χ0v) is 45.1. The van der Waals surface area contributed by atoms with Crippen LogP contribution in [0.4, 0.5) is 0 Å². The summed E-state index contributed by atoms with van der Waals surface area (Å²) in [7, 11) is 0. The van der Waals surface area contributed by atoms with Crippen LogP contribution in [0, 0.1) is 0 Å². The van der Waals surface area contributed by atoms with Gasteiger partial charge >= 0.3 is 5.97 Å². The van der Waals surface area contributed by atoms with E-state index in [1.165, 1.54) is 257 Å². The first kappa shape index (κ1) is 65.3. The van der Waals surface area contributed by atoms with Gasteiger partial charge in [-0.2, -0.15) is 0 Å². The summed E-state index contributed by atoms with van der Waals surface area (Å²) in [5, 5.41) is 23.2. The fourth-order valence-corrected chi connectivity index (χ4v) is 9.34. The Morgan fingerprint density at radius 3 is 1.09 bits per heavy atom. The third kappa shape index (κ3) is 53.5. The Morgan fingerprint density at radius 1 is 0.403 bits per heavy atom. The Hall–Kier alpha value is -1.66. The topological polar surface area (TPSA) is 95.9 Å². The monoisotopic (exact) mass is 944 g/mol. The Kier molecular flexibility index (Phi) is 55.5. The number of nitrogens with one attached hydrogen (secondary N) is 1. The molecule has 6 nitrogen and oxygen atoms in total. The van der Waals surface area contributed by atoms with Crippen molar-refractivity contribution in [1.29, 1.82) is 0 Å². The maximum Gasteiger partial charge on any atom is 0.305 e. The molecule has 0 aliphatic heterocycles. The van der Waals surface area contributed by atoms with E-state index in [1.54, 1.807) is 6.08 Å². The Balaban J connectivity index is 3.46. The number of aliphatic hydroxyl groups excluding tert-OH is 2. The zero-order valence-electron chi connectivity index (χ0n) is 45.1. The van der Waals surface area contributed by atoms with Crippen molar-refractivity contribution < 1.29 is 24.5 Å². The second-order valence-electron chi connectivity index (χ2n) is 20.7. The van der Waals surface area contributed by atoms with Gasteiger partial charge in [0.1, 0.15) is 0 Å². The third-order valence-electron chi connectivity index (χ3n) is 14.0. The lowest BCUT2D eigenvalue weighted by atomic mass is 10.0. The summed E-state index contributed by atoms with van der Waals surface area (Å²) in [6.07, 6.45) is 69.2. The molecule has 3 N–H and O–H groups in total. The first-order valence-electron chi connectivity index (χ1n) is 30.1. The van der Waals surface area contributed by atoms with Gasteiger partial charge in [0, 0.05) is 12.8 Å². The Labute approximate surface area is 418 Å². The van der Waals surface area contributed by atoms with Gasteiger partial charge in [0.15, 0.2) is 0 Å². The van der Waals surface area contributed by atoms with E-state index in [-0.39, 0.29) is 18.5 Å². The number of carbonyl (C=O) groups is 2. The summed E-state index contributed by atoms with van der Waals surface area (Å²) < 4.78 is 5.46. The highest BCUT2D eigenvalue weighted by atomic mass is 16.5. The molecule has 0 radical (unpaired) electrons. The molecule has 2 atom stereocenters. The van der Waals surface area contributed by atoms with Crippen molar-refractivity contribution in [3.63, 3.8) is 0 Å². The van der Waals surface area contributed by atoms with E-state index in [1.807, 2.05) is 6.08 Å². The number of unbranched alkanes of at least 4 members (excludes halogenated alkanes) is 43. The van der Waals surface area contributed by atoms with Gasteiger partial charge in [-0.3, -0.25) is 9.59 Å². The molecule has 0 aliphatic rings. The molecule has 0 aromatic heterocycles. The van der Waals surface area contributed by atoms with Crippen LogP contribution in [0.1, 0.15) is 328 Å². The predicted molar refractivity (Wildman–Crippen MR) is 292 cm³/mol. The second kappa shape index (κ2) is 56.9. The number of allylic oxidation sites excluding steroid dienone is 3. The Morgan fingerprint density at radius 2 is 0.701 bits per heavy atom. The molecule has 0 saturated carbocycles. The molecule has 0 aliphatic carbocycles. The van der Waals surface area contributed by atoms with E-state index < -0.39 is 12.1 Å². The number of hydrogen-bond acceptors (Lipinski definition) is 5. The van der Waals surface area contributed by atoms with E-state index in [2.05, 4.69) is 31.3 Å². The average Bonchev–Trinajstić information content (AvgIpc) is 3.33. The molecule has 1 amide bonds. The minimum Gasteiger partial charge on any atom is -0.466 e. The molecule has 0 aromatic rings. The molecule has 0 fully saturated rings. The quantitative estimate of drug-likeness (QED) is 0.0321. The number of esters is 1. The third-order valence-corrected chi connectivity index (χ3v) is 14.0. The van der Waals surface area contributed by atoms with Crippen molar-refractivity contribution in [2.75, 3.05) is 13.2 Å². The molecule has 0 heterocycles. The summed E-state index contributed by atoms with van der Waals surface area (Å²) >= 11 is 0. The molecule has 6 heteroatoms. The molecule has 0 spiro atoms. The van der Waals surface area contributed by atoms with Crippen molar-refractivity contribution >= 4 is 11.9 Å². The fraction of sp³-hybridized carbons (Fsp3) is 0.902. The number of aliphatic hydroxyl groups is 2. The summed E-state index contributed by atoms with van der Waals surface area (Å²) in [4.78, 5) is 24.5. The van der Waals surface area contributed by atoms with Crippen LogP contribution in [-0.2, 0) is 14.3 Å². The predicted octanol–water partition coefficient (Wildman–Crippen LogP) is 18.6. The van der Waals surface area contributed by atoms with Crippen molar-refractivity contribution in [3.05, 3.63) is 24.3 Å². The first-order chi connectivity index (χ1) is 33.0. The largest absolute Gasteiger partial charge is 0.466 e. The van der Waals surface area contributed by atoms with Crippen LogP contribution in [0.25, 0.3) is 0 Å². The van der Waals surface area contributed by atoms with Gasteiger partial charge in [0.05, 0.1) is 25.4 Å². The van der Waals surface area contributed by atoms with Gasteiger partial charge in [0.25, 0.3) is 0 Å². The fourth-order valence-electron chi connectivity index (χ4n) is 9.34. The molecule has 396 valence electrons. The number of rotatable bonds is 56. The van der Waals surface area contributed by atoms with E-state index in [0.717, 1.165) is 44.9 Å². The lowest BCUT2D eigenvalue weighted by molar-refractivity contribution is -0.143. The number of ether oxygens (including phenoxy) is 1. The van der Waals surface area contributed by atoms with Crippen molar-refractivity contribution in [1.82, 2.24) is 5.32 Å². The number of carbonyl (C=O) groups excluding carboxylic acids is 2. The lowest BCUT2D eigenvalue weighted by Crippen LogP contribution is -2.45. The normalized spacial score (nSPS) is 12.7. The second-order valence-corrected chi connectivity index (χ2v) is 20.7. The molecular formula is C61H117NO5. The first-order valence-corrected chi connectivity index (χ1v) is 30.1. The maximum absolute atomic E-state index is 12.5. The smallest absolute Gasteiger partial charge is 0.305 e. The van der Waals surface area contributed by atoms with Crippen molar-refractivity contribution in [3.8, 4) is 0 Å². The zero-order chi connectivity index (χ0) is 48.6. The SMILES string of the molecule is CCCCC/C=C\CCCCCCCC(=O)OCCCCCCCCCCCCCCCCCCCC(=O)NC(CO)C(O)/C=C/CCCCCCCCCCCCCCCCCCCCC. The molecule has 0 aromatic carbocycles. The van der Waals surface area contributed by atoms with Crippen LogP contribution >= 0.6 is 0 Å². The van der Waals surface area contributed by atoms with Crippen LogP contribution in [0.2, 0.25) is 0 Å². The van der Waals surface area contributed by atoms with Gasteiger partial charge in [0.2, 0.25) is 5.91 Å². The van der Waals surface area contributed by atoms with E-state index in [9.17, 15) is 19.8 Å². The van der Waals surface area contributed by atoms with Crippen LogP contribution in [-0.4, -0.2) is 47.4 Å². The minimum absolute atomic E-state index is 0.00523. The van der Waals surface area contributed by atoms with Gasteiger partial charge in [-0.05, 0) is 57.8 Å². The summed E-state index contributed by atoms with van der Waals surface area (Å²) in [6, 6.07) is -0.633. The lowest BCUT2D eigenvalue weighted by Gasteiger charge is -2.20. The molecular weight excluding hydrogens is 827 g/mol. The van der Waals surface area contributed by atoms with E-state index in [4.69, 9.17) is 4.74 Å². The van der Waals surface area contributed by atoms with E-state index in [0.29, 0.717) is 19.4 Å². The molecule has 67 heavy (non-hydrogen) atoms. The standard InChI is InChI=1S/C61H117NO5/c1-3-5-7-9-11-13-15-17-18-19-20-21-22-24-27-30-33-37-41-45-49-53-59(64)58(57-63)62-60(65)54-50-46-42-38-34-31-28-25-23-26-29-32-36-40-44-48-52-56-67-61(66)55-51-47-43-39-35-16-14-12-10-8-6-4-2/h12,14,49,53,58-59,63-64H,3-11,13,15-48,50-52,54-57H2,1-2H3,(H,62,65)/b14-12-,53-49+. The number of hydrogen-bond donors (Lipinski definition) is 3. The average molecular weight is 945 g/mol.